The number of hydrogen-bond donors (Lipinski definition) is 2. The van der Waals surface area contributed by atoms with Gasteiger partial charge in [0.25, 0.3) is 0 Å². The minimum atomic E-state index is -0.339. The van der Waals surface area contributed by atoms with Gasteiger partial charge in [-0.3, -0.25) is 5.84 Å². The van der Waals surface area contributed by atoms with E-state index < -0.39 is 0 Å². The molecule has 0 radical (unpaired) electrons. The van der Waals surface area contributed by atoms with Crippen LogP contribution < -0.4 is 11.3 Å². The van der Waals surface area contributed by atoms with Crippen LogP contribution in [0.25, 0.3) is 0 Å². The summed E-state index contributed by atoms with van der Waals surface area (Å²) in [4.78, 5) is 7.96. The van der Waals surface area contributed by atoms with Gasteiger partial charge in [0.2, 0.25) is 0 Å². The van der Waals surface area contributed by atoms with Crippen molar-refractivity contribution in [1.29, 1.82) is 0 Å². The van der Waals surface area contributed by atoms with Crippen molar-refractivity contribution in [3.05, 3.63) is 59.4 Å². The predicted octanol–water partition coefficient (Wildman–Crippen LogP) is 1.48. The lowest BCUT2D eigenvalue weighted by molar-refractivity contribution is 0.594. The molecule has 1 aromatic carbocycles. The van der Waals surface area contributed by atoms with Crippen LogP contribution in [0.5, 0.6) is 0 Å². The van der Waals surface area contributed by atoms with Crippen LogP contribution >= 0.6 is 0 Å². The highest BCUT2D eigenvalue weighted by molar-refractivity contribution is 5.34. The van der Waals surface area contributed by atoms with Crippen LogP contribution in [-0.4, -0.2) is 9.97 Å². The molecule has 0 bridgehead atoms. The fourth-order valence-corrected chi connectivity index (χ4v) is 1.73. The minimum absolute atomic E-state index is 0.292. The molecular formula is C12H13FN4. The molecular weight excluding hydrogens is 219 g/mol. The number of benzene rings is 1. The molecule has 0 saturated carbocycles. The van der Waals surface area contributed by atoms with Gasteiger partial charge >= 0.3 is 0 Å². The third kappa shape index (κ3) is 2.46. The summed E-state index contributed by atoms with van der Waals surface area (Å²) in [7, 11) is 0. The number of hydrazine groups is 1. The first-order valence-corrected chi connectivity index (χ1v) is 5.20. The van der Waals surface area contributed by atoms with Crippen molar-refractivity contribution < 1.29 is 4.39 Å². The Hall–Kier alpha value is -1.85. The molecule has 2 rings (SSSR count). The third-order valence-corrected chi connectivity index (χ3v) is 2.62. The van der Waals surface area contributed by atoms with Gasteiger partial charge in [0.15, 0.2) is 0 Å². The van der Waals surface area contributed by atoms with Gasteiger partial charge in [-0.05, 0) is 36.2 Å². The highest BCUT2D eigenvalue weighted by atomic mass is 19.1. The maximum absolute atomic E-state index is 13.3. The first-order chi connectivity index (χ1) is 8.22. The monoisotopic (exact) mass is 232 g/mol. The summed E-state index contributed by atoms with van der Waals surface area (Å²) in [5, 5.41) is 0. The van der Waals surface area contributed by atoms with E-state index in [0.29, 0.717) is 5.69 Å². The summed E-state index contributed by atoms with van der Waals surface area (Å²) < 4.78 is 13.3. The fourth-order valence-electron chi connectivity index (χ4n) is 1.73. The Morgan fingerprint density at radius 3 is 2.82 bits per heavy atom. The maximum Gasteiger partial charge on any atom is 0.123 e. The quantitative estimate of drug-likeness (QED) is 0.621. The summed E-state index contributed by atoms with van der Waals surface area (Å²) >= 11 is 0. The fraction of sp³-hybridized carbons (Fsp3) is 0.167. The van der Waals surface area contributed by atoms with Crippen LogP contribution in [-0.2, 0) is 0 Å². The molecule has 5 heteroatoms. The van der Waals surface area contributed by atoms with Gasteiger partial charge in [-0.2, -0.15) is 0 Å². The third-order valence-electron chi connectivity index (χ3n) is 2.62. The van der Waals surface area contributed by atoms with Gasteiger partial charge in [-0.15, -0.1) is 0 Å². The Bertz CT molecular complexity index is 501. The number of aryl methyl sites for hydroxylation is 1. The largest absolute Gasteiger partial charge is 0.271 e. The lowest BCUT2D eigenvalue weighted by atomic mass is 9.99. The van der Waals surface area contributed by atoms with E-state index in [1.807, 2.05) is 6.92 Å². The molecule has 1 aromatic heterocycles. The molecule has 0 saturated heterocycles. The van der Waals surface area contributed by atoms with Crippen molar-refractivity contribution in [3.8, 4) is 0 Å². The zero-order valence-electron chi connectivity index (χ0n) is 9.39. The first-order valence-electron chi connectivity index (χ1n) is 5.20. The summed E-state index contributed by atoms with van der Waals surface area (Å²) in [5.74, 6) is 5.23. The van der Waals surface area contributed by atoms with E-state index in [4.69, 9.17) is 5.84 Å². The molecule has 17 heavy (non-hydrogen) atoms. The molecule has 1 unspecified atom stereocenters. The van der Waals surface area contributed by atoms with Gasteiger partial charge in [0, 0.05) is 6.20 Å². The number of halogens is 1. The van der Waals surface area contributed by atoms with E-state index in [1.54, 1.807) is 18.3 Å². The normalized spacial score (nSPS) is 12.4. The van der Waals surface area contributed by atoms with Crippen LogP contribution in [0.4, 0.5) is 4.39 Å². The van der Waals surface area contributed by atoms with E-state index in [9.17, 15) is 4.39 Å². The van der Waals surface area contributed by atoms with Crippen LogP contribution in [0.15, 0.2) is 36.8 Å². The molecule has 1 heterocycles. The molecule has 0 aliphatic carbocycles. The molecule has 0 fully saturated rings. The smallest absolute Gasteiger partial charge is 0.123 e. The van der Waals surface area contributed by atoms with Crippen molar-refractivity contribution in [2.45, 2.75) is 13.0 Å². The van der Waals surface area contributed by atoms with Crippen molar-refractivity contribution in [3.63, 3.8) is 0 Å². The first kappa shape index (κ1) is 11.6. The molecule has 0 amide bonds. The molecule has 3 N–H and O–H groups in total. The zero-order valence-corrected chi connectivity index (χ0v) is 9.39. The average molecular weight is 232 g/mol. The number of rotatable bonds is 3. The molecule has 0 aliphatic heterocycles. The van der Waals surface area contributed by atoms with E-state index in [1.165, 1.54) is 18.5 Å². The Morgan fingerprint density at radius 2 is 2.18 bits per heavy atom. The Balaban J connectivity index is 2.46. The lowest BCUT2D eigenvalue weighted by Gasteiger charge is -2.17. The maximum atomic E-state index is 13.3. The van der Waals surface area contributed by atoms with Gasteiger partial charge in [0.1, 0.15) is 12.1 Å². The molecule has 0 aliphatic rings. The van der Waals surface area contributed by atoms with E-state index in [-0.39, 0.29) is 11.9 Å². The zero-order chi connectivity index (χ0) is 12.3. The lowest BCUT2D eigenvalue weighted by Crippen LogP contribution is -2.30. The second-order valence-corrected chi connectivity index (χ2v) is 3.73. The van der Waals surface area contributed by atoms with Crippen LogP contribution in [0.2, 0.25) is 0 Å². The number of nitrogens with two attached hydrogens (primary N) is 1. The van der Waals surface area contributed by atoms with Crippen LogP contribution in [0, 0.1) is 12.7 Å². The second-order valence-electron chi connectivity index (χ2n) is 3.73. The summed E-state index contributed by atoms with van der Waals surface area (Å²) in [6.07, 6.45) is 3.07. The second kappa shape index (κ2) is 4.99. The van der Waals surface area contributed by atoms with Crippen LogP contribution in [0.1, 0.15) is 22.9 Å². The Labute approximate surface area is 98.7 Å². The van der Waals surface area contributed by atoms with E-state index in [2.05, 4.69) is 15.4 Å². The van der Waals surface area contributed by atoms with Gasteiger partial charge in [-0.1, -0.05) is 6.07 Å². The molecule has 2 aromatic rings. The average Bonchev–Trinajstić information content (AvgIpc) is 2.36. The molecule has 1 atom stereocenters. The van der Waals surface area contributed by atoms with Crippen LogP contribution in [0.3, 0.4) is 0 Å². The summed E-state index contributed by atoms with van der Waals surface area (Å²) in [6.45, 7) is 1.90. The highest BCUT2D eigenvalue weighted by Crippen LogP contribution is 2.23. The van der Waals surface area contributed by atoms with Gasteiger partial charge in [-0.25, -0.2) is 19.8 Å². The van der Waals surface area contributed by atoms with Gasteiger partial charge in [0.05, 0.1) is 11.7 Å². The van der Waals surface area contributed by atoms with Crippen molar-refractivity contribution in [1.82, 2.24) is 15.4 Å². The van der Waals surface area contributed by atoms with E-state index in [0.717, 1.165) is 11.1 Å². The Morgan fingerprint density at radius 1 is 1.35 bits per heavy atom. The summed E-state index contributed by atoms with van der Waals surface area (Å²) in [5.41, 5.74) is 5.07. The van der Waals surface area contributed by atoms with Gasteiger partial charge < -0.3 is 0 Å². The molecule has 4 nitrogen and oxygen atoms in total. The number of nitrogens with zero attached hydrogens (tertiary/aromatic N) is 2. The number of hydrogen-bond acceptors (Lipinski definition) is 4. The minimum Gasteiger partial charge on any atom is -0.271 e. The SMILES string of the molecule is Cc1ccc(F)cc1C(NN)c1ccncn1. The Kier molecular flexibility index (Phi) is 3.41. The highest BCUT2D eigenvalue weighted by Gasteiger charge is 2.16. The van der Waals surface area contributed by atoms with Crippen molar-refractivity contribution in [2.75, 3.05) is 0 Å². The number of aromatic nitrogens is 2. The van der Waals surface area contributed by atoms with Crippen molar-refractivity contribution in [2.24, 2.45) is 5.84 Å². The topological polar surface area (TPSA) is 63.8 Å². The van der Waals surface area contributed by atoms with Crippen molar-refractivity contribution >= 4 is 0 Å². The summed E-state index contributed by atoms with van der Waals surface area (Å²) in [6, 6.07) is 6.01. The molecule has 0 spiro atoms. The van der Waals surface area contributed by atoms with E-state index >= 15 is 0 Å². The molecule has 88 valence electrons. The standard InChI is InChI=1S/C12H13FN4/c1-8-2-3-9(13)6-10(8)12(17-14)11-4-5-15-7-16-11/h2-7,12,17H,14H2,1H3. The predicted molar refractivity (Wildman–Crippen MR) is 62.3 cm³/mol. The number of nitrogens with one attached hydrogen (secondary N) is 1.